The van der Waals surface area contributed by atoms with Gasteiger partial charge in [0.05, 0.1) is 6.61 Å². The molecule has 138 valence electrons. The maximum atomic E-state index is 13.2. The Balaban J connectivity index is 1.89. The van der Waals surface area contributed by atoms with Gasteiger partial charge in [0.1, 0.15) is 5.41 Å². The number of methoxy groups -OCH3 is 1. The first kappa shape index (κ1) is 19.3. The Morgan fingerprint density at radius 1 is 1.32 bits per heavy atom. The third-order valence-corrected chi connectivity index (χ3v) is 4.64. The van der Waals surface area contributed by atoms with E-state index in [9.17, 15) is 23.5 Å². The van der Waals surface area contributed by atoms with Crippen LogP contribution in [0.5, 0.6) is 0 Å². The van der Waals surface area contributed by atoms with Crippen LogP contribution in [0, 0.1) is 17.0 Å². The van der Waals surface area contributed by atoms with Crippen LogP contribution in [0.1, 0.15) is 31.2 Å². The van der Waals surface area contributed by atoms with E-state index in [2.05, 4.69) is 0 Å². The third kappa shape index (κ3) is 4.75. The van der Waals surface area contributed by atoms with Crippen LogP contribution in [0.4, 0.5) is 8.78 Å². The number of carboxylic acids is 1. The van der Waals surface area contributed by atoms with Crippen LogP contribution in [0.2, 0.25) is 0 Å². The lowest BCUT2D eigenvalue weighted by Gasteiger charge is -2.39. The van der Waals surface area contributed by atoms with Crippen molar-refractivity contribution >= 4 is 11.9 Å². The van der Waals surface area contributed by atoms with Crippen molar-refractivity contribution in [2.24, 2.45) is 5.41 Å². The van der Waals surface area contributed by atoms with Gasteiger partial charge in [-0.05, 0) is 43.4 Å². The molecular formula is C18H23F2NO4. The third-order valence-electron chi connectivity index (χ3n) is 4.64. The van der Waals surface area contributed by atoms with Gasteiger partial charge in [0, 0.05) is 26.6 Å². The second-order valence-corrected chi connectivity index (χ2v) is 6.54. The number of aliphatic carboxylic acids is 1. The largest absolute Gasteiger partial charge is 0.481 e. The number of rotatable bonds is 7. The summed E-state index contributed by atoms with van der Waals surface area (Å²) in [5.74, 6) is -2.86. The van der Waals surface area contributed by atoms with Crippen molar-refractivity contribution < 1.29 is 28.2 Å². The molecule has 1 N–H and O–H groups in total. The van der Waals surface area contributed by atoms with E-state index in [1.54, 1.807) is 4.90 Å². The molecular weight excluding hydrogens is 332 g/mol. The van der Waals surface area contributed by atoms with Gasteiger partial charge in [0.15, 0.2) is 11.6 Å². The van der Waals surface area contributed by atoms with Crippen LogP contribution in [0.25, 0.3) is 0 Å². The molecule has 1 saturated heterocycles. The topological polar surface area (TPSA) is 66.8 Å². The minimum Gasteiger partial charge on any atom is -0.481 e. The summed E-state index contributed by atoms with van der Waals surface area (Å²) < 4.78 is 31.1. The van der Waals surface area contributed by atoms with Crippen molar-refractivity contribution in [1.82, 2.24) is 4.90 Å². The molecule has 1 atom stereocenters. The lowest BCUT2D eigenvalue weighted by atomic mass is 9.80. The second kappa shape index (κ2) is 8.38. The number of ether oxygens (including phenoxy) is 1. The zero-order valence-corrected chi connectivity index (χ0v) is 14.3. The van der Waals surface area contributed by atoms with Crippen molar-refractivity contribution in [1.29, 1.82) is 0 Å². The predicted molar refractivity (Wildman–Crippen MR) is 87.1 cm³/mol. The highest BCUT2D eigenvalue weighted by Gasteiger charge is 2.43. The number of carbonyl (C=O) groups excluding carboxylic acids is 1. The van der Waals surface area contributed by atoms with Crippen LogP contribution in [-0.4, -0.2) is 48.7 Å². The number of aryl methyl sites for hydroxylation is 1. The number of hydrogen-bond acceptors (Lipinski definition) is 3. The molecule has 0 spiro atoms. The Labute approximate surface area is 145 Å². The molecule has 1 aromatic carbocycles. The molecule has 0 aliphatic carbocycles. The van der Waals surface area contributed by atoms with Gasteiger partial charge in [-0.3, -0.25) is 9.59 Å². The van der Waals surface area contributed by atoms with Gasteiger partial charge in [-0.15, -0.1) is 0 Å². The standard InChI is InChI=1S/C18H23F2NO4/c1-25-12-18(17(23)24)8-3-9-21(11-18)16(22)5-2-4-13-6-7-14(19)15(20)10-13/h6-7,10H,2-5,8-9,11-12H2,1H3,(H,23,24). The Morgan fingerprint density at radius 3 is 2.72 bits per heavy atom. The average Bonchev–Trinajstić information content (AvgIpc) is 2.58. The maximum Gasteiger partial charge on any atom is 0.313 e. The first-order valence-electron chi connectivity index (χ1n) is 8.32. The summed E-state index contributed by atoms with van der Waals surface area (Å²) in [5, 5.41) is 9.51. The zero-order chi connectivity index (χ0) is 18.4. The summed E-state index contributed by atoms with van der Waals surface area (Å²) in [7, 11) is 1.45. The predicted octanol–water partition coefficient (Wildman–Crippen LogP) is 2.63. The molecule has 5 nitrogen and oxygen atoms in total. The van der Waals surface area contributed by atoms with E-state index in [1.165, 1.54) is 13.2 Å². The fourth-order valence-electron chi connectivity index (χ4n) is 3.27. The van der Waals surface area contributed by atoms with E-state index in [-0.39, 0.29) is 25.5 Å². The first-order valence-corrected chi connectivity index (χ1v) is 8.32. The van der Waals surface area contributed by atoms with Crippen molar-refractivity contribution in [2.75, 3.05) is 26.8 Å². The number of likely N-dealkylation sites (tertiary alicyclic amines) is 1. The van der Waals surface area contributed by atoms with Gasteiger partial charge in [0.2, 0.25) is 5.91 Å². The van der Waals surface area contributed by atoms with E-state index in [4.69, 9.17) is 4.74 Å². The molecule has 1 unspecified atom stereocenters. The number of benzene rings is 1. The molecule has 1 amide bonds. The van der Waals surface area contributed by atoms with Crippen molar-refractivity contribution in [2.45, 2.75) is 32.1 Å². The van der Waals surface area contributed by atoms with Crippen LogP contribution >= 0.6 is 0 Å². The van der Waals surface area contributed by atoms with Gasteiger partial charge in [-0.2, -0.15) is 0 Å². The fraction of sp³-hybridized carbons (Fsp3) is 0.556. The zero-order valence-electron chi connectivity index (χ0n) is 14.3. The lowest BCUT2D eigenvalue weighted by molar-refractivity contribution is -0.159. The molecule has 1 aromatic rings. The van der Waals surface area contributed by atoms with Crippen LogP contribution in [0.15, 0.2) is 18.2 Å². The number of carboxylic acid groups (broad SMARTS) is 1. The summed E-state index contributed by atoms with van der Waals surface area (Å²) in [5.41, 5.74) is -0.424. The van der Waals surface area contributed by atoms with E-state index in [0.717, 1.165) is 12.1 Å². The summed E-state index contributed by atoms with van der Waals surface area (Å²) in [4.78, 5) is 25.6. The second-order valence-electron chi connectivity index (χ2n) is 6.54. The van der Waals surface area contributed by atoms with Crippen LogP contribution in [0.3, 0.4) is 0 Å². The molecule has 1 aliphatic rings. The van der Waals surface area contributed by atoms with Gasteiger partial charge in [-0.1, -0.05) is 6.07 Å². The Bertz CT molecular complexity index is 634. The molecule has 1 heterocycles. The quantitative estimate of drug-likeness (QED) is 0.816. The number of nitrogens with zero attached hydrogens (tertiary/aromatic N) is 1. The van der Waals surface area contributed by atoms with Crippen molar-refractivity contribution in [3.8, 4) is 0 Å². The molecule has 0 bridgehead atoms. The highest BCUT2D eigenvalue weighted by molar-refractivity contribution is 5.79. The Kier molecular flexibility index (Phi) is 6.47. The Morgan fingerprint density at radius 2 is 2.08 bits per heavy atom. The molecule has 0 aromatic heterocycles. The van der Waals surface area contributed by atoms with Gasteiger partial charge < -0.3 is 14.7 Å². The van der Waals surface area contributed by atoms with Gasteiger partial charge in [0.25, 0.3) is 0 Å². The highest BCUT2D eigenvalue weighted by atomic mass is 19.2. The maximum absolute atomic E-state index is 13.2. The molecule has 1 aliphatic heterocycles. The smallest absolute Gasteiger partial charge is 0.313 e. The van der Waals surface area contributed by atoms with E-state index < -0.39 is 23.0 Å². The minimum atomic E-state index is -1.05. The normalized spacial score (nSPS) is 20.5. The monoisotopic (exact) mass is 355 g/mol. The number of halogens is 2. The van der Waals surface area contributed by atoms with Gasteiger partial charge >= 0.3 is 5.97 Å². The molecule has 1 fully saturated rings. The molecule has 0 radical (unpaired) electrons. The SMILES string of the molecule is COCC1(C(=O)O)CCCN(C(=O)CCCc2ccc(F)c(F)c2)C1. The molecule has 7 heteroatoms. The van der Waals surface area contributed by atoms with E-state index in [1.807, 2.05) is 0 Å². The lowest BCUT2D eigenvalue weighted by Crippen LogP contribution is -2.52. The first-order chi connectivity index (χ1) is 11.9. The Hall–Kier alpha value is -2.02. The molecule has 2 rings (SSSR count). The number of amides is 1. The van der Waals surface area contributed by atoms with E-state index >= 15 is 0 Å². The summed E-state index contributed by atoms with van der Waals surface area (Å²) >= 11 is 0. The van der Waals surface area contributed by atoms with Crippen molar-refractivity contribution in [3.63, 3.8) is 0 Å². The highest BCUT2D eigenvalue weighted by Crippen LogP contribution is 2.31. The fourth-order valence-corrected chi connectivity index (χ4v) is 3.27. The number of carbonyl (C=O) groups is 2. The molecule has 0 saturated carbocycles. The van der Waals surface area contributed by atoms with Crippen LogP contribution in [-0.2, 0) is 20.7 Å². The van der Waals surface area contributed by atoms with Gasteiger partial charge in [-0.25, -0.2) is 8.78 Å². The van der Waals surface area contributed by atoms with Crippen molar-refractivity contribution in [3.05, 3.63) is 35.4 Å². The minimum absolute atomic E-state index is 0.0704. The average molecular weight is 355 g/mol. The summed E-state index contributed by atoms with van der Waals surface area (Å²) in [6, 6.07) is 3.70. The van der Waals surface area contributed by atoms with Crippen LogP contribution < -0.4 is 0 Å². The number of hydrogen-bond donors (Lipinski definition) is 1. The molecule has 25 heavy (non-hydrogen) atoms. The van der Waals surface area contributed by atoms with E-state index in [0.29, 0.717) is 37.8 Å². The summed E-state index contributed by atoms with van der Waals surface area (Å²) in [6.45, 7) is 0.740. The number of piperidine rings is 1. The summed E-state index contributed by atoms with van der Waals surface area (Å²) in [6.07, 6.45) is 2.28.